The summed E-state index contributed by atoms with van der Waals surface area (Å²) in [6.45, 7) is 1.95. The number of carbonyl (C=O) groups is 2. The third kappa shape index (κ3) is 2.61. The van der Waals surface area contributed by atoms with Crippen molar-refractivity contribution in [3.63, 3.8) is 0 Å². The second-order valence-corrected chi connectivity index (χ2v) is 5.02. The Morgan fingerprint density at radius 3 is 2.67 bits per heavy atom. The minimum atomic E-state index is -0.924. The Morgan fingerprint density at radius 2 is 2.00 bits per heavy atom. The van der Waals surface area contributed by atoms with Gasteiger partial charge in [-0.2, -0.15) is 0 Å². The zero-order valence-corrected chi connectivity index (χ0v) is 10.6. The van der Waals surface area contributed by atoms with Gasteiger partial charge in [-0.3, -0.25) is 9.59 Å². The van der Waals surface area contributed by atoms with Crippen LogP contribution in [0.3, 0.4) is 0 Å². The van der Waals surface area contributed by atoms with Crippen LogP contribution in [0.5, 0.6) is 0 Å². The van der Waals surface area contributed by atoms with Crippen molar-refractivity contribution in [3.05, 3.63) is 35.9 Å². The lowest BCUT2D eigenvalue weighted by Crippen LogP contribution is -2.40. The van der Waals surface area contributed by atoms with Gasteiger partial charge < -0.3 is 4.74 Å². The number of carbonyl (C=O) groups excluding carboxylic acids is 2. The summed E-state index contributed by atoms with van der Waals surface area (Å²) in [4.78, 5) is 23.9. The van der Waals surface area contributed by atoms with E-state index in [1.807, 2.05) is 30.3 Å². The summed E-state index contributed by atoms with van der Waals surface area (Å²) in [5.74, 6) is -0.358. The van der Waals surface area contributed by atoms with Crippen molar-refractivity contribution < 1.29 is 14.3 Å². The van der Waals surface area contributed by atoms with Gasteiger partial charge >= 0.3 is 5.97 Å². The van der Waals surface area contributed by atoms with Crippen molar-refractivity contribution in [3.8, 4) is 0 Å². The Kier molecular flexibility index (Phi) is 3.80. The molecule has 96 valence electrons. The number of ether oxygens (including phenoxy) is 1. The van der Waals surface area contributed by atoms with Crippen molar-refractivity contribution in [1.82, 2.24) is 0 Å². The van der Waals surface area contributed by atoms with Crippen molar-refractivity contribution in [2.75, 3.05) is 0 Å². The van der Waals surface area contributed by atoms with Crippen molar-refractivity contribution >= 4 is 11.8 Å². The van der Waals surface area contributed by atoms with Crippen molar-refractivity contribution in [2.24, 2.45) is 5.41 Å². The van der Waals surface area contributed by atoms with Crippen LogP contribution >= 0.6 is 0 Å². The van der Waals surface area contributed by atoms with Crippen LogP contribution in [-0.2, 0) is 20.9 Å². The summed E-state index contributed by atoms with van der Waals surface area (Å²) in [5, 5.41) is 0. The van der Waals surface area contributed by atoms with Gasteiger partial charge in [-0.25, -0.2) is 0 Å². The largest absolute Gasteiger partial charge is 0.460 e. The van der Waals surface area contributed by atoms with Crippen molar-refractivity contribution in [2.45, 2.75) is 39.2 Å². The molecule has 0 heterocycles. The average molecular weight is 246 g/mol. The first-order valence-electron chi connectivity index (χ1n) is 6.37. The molecular formula is C15H18O3. The molecule has 3 heteroatoms. The van der Waals surface area contributed by atoms with Gasteiger partial charge in [0.15, 0.2) is 0 Å². The molecule has 1 aromatic rings. The van der Waals surface area contributed by atoms with E-state index in [0.717, 1.165) is 18.4 Å². The highest BCUT2D eigenvalue weighted by molar-refractivity contribution is 6.03. The molecule has 0 spiro atoms. The third-order valence-electron chi connectivity index (χ3n) is 3.61. The summed E-state index contributed by atoms with van der Waals surface area (Å²) in [7, 11) is 0. The Labute approximate surface area is 107 Å². The average Bonchev–Trinajstić information content (AvgIpc) is 2.40. The molecule has 1 aromatic carbocycles. The number of benzene rings is 1. The van der Waals surface area contributed by atoms with E-state index in [2.05, 4.69) is 0 Å². The highest BCUT2D eigenvalue weighted by Crippen LogP contribution is 2.34. The van der Waals surface area contributed by atoms with Gasteiger partial charge in [-0.05, 0) is 25.3 Å². The molecule has 0 bridgehead atoms. The summed E-state index contributed by atoms with van der Waals surface area (Å²) in [6, 6.07) is 9.52. The Morgan fingerprint density at radius 1 is 1.28 bits per heavy atom. The molecule has 3 nitrogen and oxygen atoms in total. The van der Waals surface area contributed by atoms with Gasteiger partial charge in [0.2, 0.25) is 0 Å². The maximum absolute atomic E-state index is 12.1. The van der Waals surface area contributed by atoms with E-state index in [9.17, 15) is 9.59 Å². The molecule has 1 unspecified atom stereocenters. The second-order valence-electron chi connectivity index (χ2n) is 5.02. The molecule has 1 aliphatic rings. The van der Waals surface area contributed by atoms with E-state index >= 15 is 0 Å². The van der Waals surface area contributed by atoms with Gasteiger partial charge in [0, 0.05) is 6.42 Å². The van der Waals surface area contributed by atoms with Gasteiger partial charge in [-0.1, -0.05) is 36.8 Å². The maximum Gasteiger partial charge on any atom is 0.319 e. The molecule has 1 saturated carbocycles. The Hall–Kier alpha value is -1.64. The van der Waals surface area contributed by atoms with Crippen LogP contribution in [0.2, 0.25) is 0 Å². The molecule has 0 amide bonds. The second kappa shape index (κ2) is 5.34. The summed E-state index contributed by atoms with van der Waals surface area (Å²) in [6.07, 6.45) is 2.92. The lowest BCUT2D eigenvalue weighted by molar-refractivity contribution is -0.162. The van der Waals surface area contributed by atoms with E-state index in [1.54, 1.807) is 6.92 Å². The maximum atomic E-state index is 12.1. The van der Waals surface area contributed by atoms with Crippen LogP contribution in [-0.4, -0.2) is 11.8 Å². The monoisotopic (exact) mass is 246 g/mol. The number of Topliss-reactive ketones (excluding diaryl/α,β-unsaturated/α-hetero) is 1. The number of rotatable bonds is 3. The van der Waals surface area contributed by atoms with E-state index in [4.69, 9.17) is 4.74 Å². The highest BCUT2D eigenvalue weighted by Gasteiger charge is 2.43. The summed E-state index contributed by atoms with van der Waals surface area (Å²) >= 11 is 0. The predicted octanol–water partition coefficient (Wildman–Crippen LogP) is 2.88. The van der Waals surface area contributed by atoms with Crippen LogP contribution in [0.4, 0.5) is 0 Å². The minimum absolute atomic E-state index is 0.0202. The SMILES string of the molecule is CC1(C(=O)OCc2ccccc2)CCCCC1=O. The first kappa shape index (κ1) is 12.8. The lowest BCUT2D eigenvalue weighted by Gasteiger charge is -2.29. The van der Waals surface area contributed by atoms with E-state index in [1.165, 1.54) is 0 Å². The Balaban J connectivity index is 1.97. The first-order valence-corrected chi connectivity index (χ1v) is 6.37. The molecule has 1 fully saturated rings. The number of hydrogen-bond donors (Lipinski definition) is 0. The Bertz CT molecular complexity index is 438. The van der Waals surface area contributed by atoms with Crippen LogP contribution in [0.15, 0.2) is 30.3 Å². The molecule has 2 rings (SSSR count). The molecule has 1 atom stereocenters. The standard InChI is InChI=1S/C15H18O3/c1-15(10-6-5-9-13(15)16)14(17)18-11-12-7-3-2-4-8-12/h2-4,7-8H,5-6,9-11H2,1H3. The summed E-state index contributed by atoms with van der Waals surface area (Å²) < 4.78 is 5.28. The molecule has 0 radical (unpaired) electrons. The fraction of sp³-hybridized carbons (Fsp3) is 0.467. The number of hydrogen-bond acceptors (Lipinski definition) is 3. The molecular weight excluding hydrogens is 228 g/mol. The van der Waals surface area contributed by atoms with E-state index < -0.39 is 5.41 Å². The minimum Gasteiger partial charge on any atom is -0.460 e. The van der Waals surface area contributed by atoms with Crippen LogP contribution < -0.4 is 0 Å². The van der Waals surface area contributed by atoms with Gasteiger partial charge in [0.05, 0.1) is 0 Å². The first-order chi connectivity index (χ1) is 8.63. The normalized spacial score (nSPS) is 23.7. The zero-order valence-electron chi connectivity index (χ0n) is 10.6. The topological polar surface area (TPSA) is 43.4 Å². The van der Waals surface area contributed by atoms with Crippen LogP contribution in [0.1, 0.15) is 38.2 Å². The van der Waals surface area contributed by atoms with E-state index in [-0.39, 0.29) is 18.4 Å². The molecule has 0 saturated heterocycles. The smallest absolute Gasteiger partial charge is 0.319 e. The fourth-order valence-corrected chi connectivity index (χ4v) is 2.28. The van der Waals surface area contributed by atoms with Crippen LogP contribution in [0, 0.1) is 5.41 Å². The third-order valence-corrected chi connectivity index (χ3v) is 3.61. The molecule has 0 N–H and O–H groups in total. The summed E-state index contributed by atoms with van der Waals surface area (Å²) in [5.41, 5.74) is 0.0187. The molecule has 0 aromatic heterocycles. The van der Waals surface area contributed by atoms with E-state index in [0.29, 0.717) is 12.8 Å². The molecule has 0 aliphatic heterocycles. The predicted molar refractivity (Wildman–Crippen MR) is 67.8 cm³/mol. The lowest BCUT2D eigenvalue weighted by atomic mass is 9.74. The number of esters is 1. The van der Waals surface area contributed by atoms with Gasteiger partial charge in [0.1, 0.15) is 17.8 Å². The quantitative estimate of drug-likeness (QED) is 0.608. The zero-order chi connectivity index (χ0) is 13.0. The fourth-order valence-electron chi connectivity index (χ4n) is 2.28. The van der Waals surface area contributed by atoms with Gasteiger partial charge in [0.25, 0.3) is 0 Å². The molecule has 1 aliphatic carbocycles. The number of ketones is 1. The van der Waals surface area contributed by atoms with Crippen molar-refractivity contribution in [1.29, 1.82) is 0 Å². The molecule has 18 heavy (non-hydrogen) atoms. The highest BCUT2D eigenvalue weighted by atomic mass is 16.5. The van der Waals surface area contributed by atoms with Gasteiger partial charge in [-0.15, -0.1) is 0 Å². The van der Waals surface area contributed by atoms with Crippen LogP contribution in [0.25, 0.3) is 0 Å².